The molecule has 0 aromatic carbocycles. The fourth-order valence-electron chi connectivity index (χ4n) is 2.44. The van der Waals surface area contributed by atoms with Crippen molar-refractivity contribution in [1.29, 1.82) is 0 Å². The van der Waals surface area contributed by atoms with Gasteiger partial charge >= 0.3 is 5.97 Å². The summed E-state index contributed by atoms with van der Waals surface area (Å²) < 4.78 is 5.24. The monoisotopic (exact) mass is 243 g/mol. The summed E-state index contributed by atoms with van der Waals surface area (Å²) in [6.07, 6.45) is 1.68. The number of piperidine rings is 1. The van der Waals surface area contributed by atoms with Crippen LogP contribution in [0.1, 0.15) is 33.6 Å². The van der Waals surface area contributed by atoms with E-state index in [4.69, 9.17) is 9.84 Å². The first-order chi connectivity index (χ1) is 8.04. The molecule has 0 aromatic heterocycles. The van der Waals surface area contributed by atoms with E-state index in [0.717, 1.165) is 24.9 Å². The lowest BCUT2D eigenvalue weighted by atomic mass is 9.86. The summed E-state index contributed by atoms with van der Waals surface area (Å²) >= 11 is 0. The number of carboxylic acids is 1. The third kappa shape index (κ3) is 4.64. The Morgan fingerprint density at radius 1 is 1.41 bits per heavy atom. The van der Waals surface area contributed by atoms with E-state index in [1.165, 1.54) is 12.8 Å². The summed E-state index contributed by atoms with van der Waals surface area (Å²) in [6, 6.07) is 0. The Bertz CT molecular complexity index is 235. The highest BCUT2D eigenvalue weighted by Gasteiger charge is 2.26. The van der Waals surface area contributed by atoms with Gasteiger partial charge in [0.2, 0.25) is 0 Å². The van der Waals surface area contributed by atoms with Crippen molar-refractivity contribution in [3.05, 3.63) is 0 Å². The molecule has 4 heteroatoms. The van der Waals surface area contributed by atoms with Gasteiger partial charge in [0.15, 0.2) is 6.10 Å². The maximum atomic E-state index is 11.0. The number of carboxylic acid groups (broad SMARTS) is 1. The molecule has 1 atom stereocenters. The van der Waals surface area contributed by atoms with Crippen LogP contribution >= 0.6 is 0 Å². The average Bonchev–Trinajstić information content (AvgIpc) is 2.29. The lowest BCUT2D eigenvalue weighted by Gasteiger charge is -2.34. The quantitative estimate of drug-likeness (QED) is 0.773. The van der Waals surface area contributed by atoms with Crippen molar-refractivity contribution in [3.8, 4) is 0 Å². The van der Waals surface area contributed by atoms with E-state index < -0.39 is 12.1 Å². The minimum Gasteiger partial charge on any atom is -0.479 e. The molecule has 0 amide bonds. The molecule has 1 rings (SSSR count). The molecule has 0 spiro atoms. The van der Waals surface area contributed by atoms with Crippen LogP contribution in [0.5, 0.6) is 0 Å². The van der Waals surface area contributed by atoms with Gasteiger partial charge in [-0.1, -0.05) is 13.8 Å². The molecule has 1 aliphatic heterocycles. The largest absolute Gasteiger partial charge is 0.479 e. The van der Waals surface area contributed by atoms with E-state index in [9.17, 15) is 4.79 Å². The van der Waals surface area contributed by atoms with Gasteiger partial charge in [-0.05, 0) is 44.7 Å². The highest BCUT2D eigenvalue weighted by Crippen LogP contribution is 2.24. The number of hydrogen-bond donors (Lipinski definition) is 1. The van der Waals surface area contributed by atoms with Gasteiger partial charge in [0.05, 0.1) is 0 Å². The van der Waals surface area contributed by atoms with Crippen molar-refractivity contribution in [1.82, 2.24) is 4.90 Å². The van der Waals surface area contributed by atoms with Crippen molar-refractivity contribution in [2.45, 2.75) is 39.7 Å². The number of rotatable bonds is 6. The zero-order chi connectivity index (χ0) is 12.8. The van der Waals surface area contributed by atoms with Gasteiger partial charge in [-0.3, -0.25) is 0 Å². The number of carbonyl (C=O) groups is 1. The second-order valence-corrected chi connectivity index (χ2v) is 5.16. The minimum absolute atomic E-state index is 0.458. The van der Waals surface area contributed by atoms with Crippen LogP contribution in [-0.4, -0.2) is 48.3 Å². The Kier molecular flexibility index (Phi) is 5.92. The molecule has 1 unspecified atom stereocenters. The molecule has 100 valence electrons. The number of hydrogen-bond acceptors (Lipinski definition) is 3. The van der Waals surface area contributed by atoms with Gasteiger partial charge in [-0.25, -0.2) is 4.79 Å². The van der Waals surface area contributed by atoms with Crippen LogP contribution in [0, 0.1) is 11.8 Å². The summed E-state index contributed by atoms with van der Waals surface area (Å²) in [5.74, 6) is 0.679. The van der Waals surface area contributed by atoms with E-state index in [0.29, 0.717) is 13.2 Å². The molecule has 0 bridgehead atoms. The SMILES string of the molecule is CCOC(CN1CCC(C(C)C)CC1)C(=O)O. The number of nitrogens with zero attached hydrogens (tertiary/aromatic N) is 1. The minimum atomic E-state index is -0.849. The standard InChI is InChI=1S/C13H25NO3/c1-4-17-12(13(15)16)9-14-7-5-11(6-8-14)10(2)3/h10-12H,4-9H2,1-3H3,(H,15,16). The molecule has 17 heavy (non-hydrogen) atoms. The van der Waals surface area contributed by atoms with E-state index in [1.807, 2.05) is 6.92 Å². The van der Waals surface area contributed by atoms with Crippen molar-refractivity contribution in [3.63, 3.8) is 0 Å². The average molecular weight is 243 g/mol. The fourth-order valence-corrected chi connectivity index (χ4v) is 2.44. The van der Waals surface area contributed by atoms with Crippen LogP contribution in [0.3, 0.4) is 0 Å². The lowest BCUT2D eigenvalue weighted by molar-refractivity contribution is -0.151. The van der Waals surface area contributed by atoms with Crippen LogP contribution in [-0.2, 0) is 9.53 Å². The molecule has 4 nitrogen and oxygen atoms in total. The summed E-state index contributed by atoms with van der Waals surface area (Å²) in [5.41, 5.74) is 0. The lowest BCUT2D eigenvalue weighted by Crippen LogP contribution is -2.43. The van der Waals surface area contributed by atoms with Crippen molar-refractivity contribution in [2.75, 3.05) is 26.2 Å². The van der Waals surface area contributed by atoms with Crippen molar-refractivity contribution >= 4 is 5.97 Å². The Morgan fingerprint density at radius 2 is 2.00 bits per heavy atom. The van der Waals surface area contributed by atoms with Gasteiger partial charge in [0, 0.05) is 13.2 Å². The van der Waals surface area contributed by atoms with E-state index in [-0.39, 0.29) is 0 Å². The van der Waals surface area contributed by atoms with Crippen molar-refractivity contribution in [2.24, 2.45) is 11.8 Å². The Hall–Kier alpha value is -0.610. The first kappa shape index (κ1) is 14.5. The first-order valence-electron chi connectivity index (χ1n) is 6.61. The maximum Gasteiger partial charge on any atom is 0.334 e. The summed E-state index contributed by atoms with van der Waals surface area (Å²) in [4.78, 5) is 13.2. The van der Waals surface area contributed by atoms with E-state index in [2.05, 4.69) is 18.7 Å². The Morgan fingerprint density at radius 3 is 2.41 bits per heavy atom. The van der Waals surface area contributed by atoms with Crippen LogP contribution in [0.15, 0.2) is 0 Å². The zero-order valence-electron chi connectivity index (χ0n) is 11.2. The second-order valence-electron chi connectivity index (χ2n) is 5.16. The fraction of sp³-hybridized carbons (Fsp3) is 0.923. The number of ether oxygens (including phenoxy) is 1. The van der Waals surface area contributed by atoms with E-state index >= 15 is 0 Å². The smallest absolute Gasteiger partial charge is 0.334 e. The predicted octanol–water partition coefficient (Wildman–Crippen LogP) is 1.84. The maximum absolute atomic E-state index is 11.0. The van der Waals surface area contributed by atoms with Crippen LogP contribution in [0.2, 0.25) is 0 Å². The molecule has 1 aliphatic rings. The number of aliphatic carboxylic acids is 1. The van der Waals surface area contributed by atoms with Gasteiger partial charge in [0.1, 0.15) is 0 Å². The molecule has 0 radical (unpaired) electrons. The van der Waals surface area contributed by atoms with Crippen LogP contribution < -0.4 is 0 Å². The highest BCUT2D eigenvalue weighted by atomic mass is 16.5. The Labute approximate surface area is 104 Å². The highest BCUT2D eigenvalue weighted by molar-refractivity contribution is 5.72. The first-order valence-corrected chi connectivity index (χ1v) is 6.61. The van der Waals surface area contributed by atoms with Crippen LogP contribution in [0.4, 0.5) is 0 Å². The normalized spacial score (nSPS) is 20.7. The van der Waals surface area contributed by atoms with Crippen LogP contribution in [0.25, 0.3) is 0 Å². The molecule has 1 N–H and O–H groups in total. The molecule has 0 saturated carbocycles. The van der Waals surface area contributed by atoms with Gasteiger partial charge < -0.3 is 14.7 Å². The van der Waals surface area contributed by atoms with Gasteiger partial charge in [-0.15, -0.1) is 0 Å². The summed E-state index contributed by atoms with van der Waals surface area (Å²) in [7, 11) is 0. The third-order valence-corrected chi connectivity index (χ3v) is 3.64. The third-order valence-electron chi connectivity index (χ3n) is 3.64. The molecular formula is C13H25NO3. The molecule has 1 saturated heterocycles. The Balaban J connectivity index is 2.35. The summed E-state index contributed by atoms with van der Waals surface area (Å²) in [6.45, 7) is 9.34. The second kappa shape index (κ2) is 6.97. The molecule has 0 aromatic rings. The van der Waals surface area contributed by atoms with Crippen molar-refractivity contribution < 1.29 is 14.6 Å². The predicted molar refractivity (Wildman–Crippen MR) is 67.1 cm³/mol. The molecule has 0 aliphatic carbocycles. The van der Waals surface area contributed by atoms with E-state index in [1.54, 1.807) is 0 Å². The topological polar surface area (TPSA) is 49.8 Å². The van der Waals surface area contributed by atoms with Gasteiger partial charge in [0.25, 0.3) is 0 Å². The molecule has 1 heterocycles. The number of likely N-dealkylation sites (tertiary alicyclic amines) is 1. The molecular weight excluding hydrogens is 218 g/mol. The summed E-state index contributed by atoms with van der Waals surface area (Å²) in [5, 5.41) is 9.02. The van der Waals surface area contributed by atoms with Gasteiger partial charge in [-0.2, -0.15) is 0 Å². The zero-order valence-corrected chi connectivity index (χ0v) is 11.2. The molecule has 1 fully saturated rings.